The smallest absolute Gasteiger partial charge is 0.248 e. The molecule has 0 amide bonds. The minimum atomic E-state index is -0.00358. The average molecular weight is 268 g/mol. The Labute approximate surface area is 119 Å². The number of aryl methyl sites for hydroxylation is 2. The van der Waals surface area contributed by atoms with Gasteiger partial charge in [-0.3, -0.25) is 4.79 Å². The minimum absolute atomic E-state index is 0.00358. The van der Waals surface area contributed by atoms with Crippen molar-refractivity contribution in [3.8, 4) is 0 Å². The highest BCUT2D eigenvalue weighted by Gasteiger charge is 2.21. The van der Waals surface area contributed by atoms with Crippen molar-refractivity contribution in [2.45, 2.75) is 39.2 Å². The Morgan fingerprint density at radius 3 is 2.90 bits per heavy atom. The quantitative estimate of drug-likeness (QED) is 0.875. The Morgan fingerprint density at radius 1 is 1.20 bits per heavy atom. The highest BCUT2D eigenvalue weighted by Crippen LogP contribution is 2.32. The van der Waals surface area contributed by atoms with Crippen LogP contribution in [0.2, 0.25) is 0 Å². The van der Waals surface area contributed by atoms with Gasteiger partial charge in [-0.1, -0.05) is 12.1 Å². The number of aromatic nitrogens is 1. The van der Waals surface area contributed by atoms with Gasteiger partial charge in [0.2, 0.25) is 5.56 Å². The van der Waals surface area contributed by atoms with Crippen LogP contribution in [0.5, 0.6) is 0 Å². The summed E-state index contributed by atoms with van der Waals surface area (Å²) in [6, 6.07) is 10.2. The molecule has 1 aromatic heterocycles. The number of rotatable bonds is 2. The van der Waals surface area contributed by atoms with Crippen molar-refractivity contribution in [2.24, 2.45) is 0 Å². The van der Waals surface area contributed by atoms with E-state index >= 15 is 0 Å². The summed E-state index contributed by atoms with van der Waals surface area (Å²) >= 11 is 0. The summed E-state index contributed by atoms with van der Waals surface area (Å²) in [6.07, 6.45) is 3.18. The van der Waals surface area contributed by atoms with Gasteiger partial charge in [0.25, 0.3) is 0 Å². The zero-order valence-electron chi connectivity index (χ0n) is 12.0. The maximum Gasteiger partial charge on any atom is 0.248 e. The molecule has 0 aliphatic heterocycles. The second kappa shape index (κ2) is 5.16. The van der Waals surface area contributed by atoms with Gasteiger partial charge in [0.15, 0.2) is 0 Å². The average Bonchev–Trinajstić information content (AvgIpc) is 2.44. The molecule has 104 valence electrons. The molecule has 0 bridgehead atoms. The lowest BCUT2D eigenvalue weighted by molar-refractivity contribution is 0.586. The van der Waals surface area contributed by atoms with Crippen molar-refractivity contribution in [3.05, 3.63) is 63.1 Å². The topological polar surface area (TPSA) is 44.9 Å². The zero-order chi connectivity index (χ0) is 14.1. The van der Waals surface area contributed by atoms with Crippen molar-refractivity contribution in [3.63, 3.8) is 0 Å². The van der Waals surface area contributed by atoms with Crippen LogP contribution in [0.4, 0.5) is 5.69 Å². The van der Waals surface area contributed by atoms with E-state index in [1.807, 2.05) is 6.07 Å². The molecule has 0 radical (unpaired) electrons. The van der Waals surface area contributed by atoms with E-state index in [2.05, 4.69) is 42.3 Å². The molecule has 0 saturated heterocycles. The van der Waals surface area contributed by atoms with Gasteiger partial charge in [0, 0.05) is 17.4 Å². The summed E-state index contributed by atoms with van der Waals surface area (Å²) in [4.78, 5) is 14.4. The molecule has 1 heterocycles. The van der Waals surface area contributed by atoms with Gasteiger partial charge < -0.3 is 10.3 Å². The molecule has 1 aliphatic rings. The largest absolute Gasteiger partial charge is 0.378 e. The zero-order valence-corrected chi connectivity index (χ0v) is 12.0. The predicted octanol–water partition coefficient (Wildman–Crippen LogP) is 3.48. The Hall–Kier alpha value is -2.03. The van der Waals surface area contributed by atoms with E-state index in [-0.39, 0.29) is 11.6 Å². The Balaban J connectivity index is 1.93. The molecule has 1 aliphatic carbocycles. The molecule has 1 aromatic carbocycles. The van der Waals surface area contributed by atoms with Crippen LogP contribution in [0, 0.1) is 13.8 Å². The molecule has 0 saturated carbocycles. The highest BCUT2D eigenvalue weighted by atomic mass is 16.1. The first-order valence-corrected chi connectivity index (χ1v) is 7.20. The summed E-state index contributed by atoms with van der Waals surface area (Å²) in [5.74, 6) is 0. The van der Waals surface area contributed by atoms with Gasteiger partial charge >= 0.3 is 0 Å². The van der Waals surface area contributed by atoms with Crippen LogP contribution in [-0.4, -0.2) is 4.98 Å². The number of pyridine rings is 1. The third-order valence-corrected chi connectivity index (χ3v) is 4.27. The van der Waals surface area contributed by atoms with Crippen molar-refractivity contribution in [1.29, 1.82) is 0 Å². The van der Waals surface area contributed by atoms with E-state index < -0.39 is 0 Å². The highest BCUT2D eigenvalue weighted by molar-refractivity contribution is 5.55. The molecular formula is C17H20N2O. The summed E-state index contributed by atoms with van der Waals surface area (Å²) in [5.41, 5.74) is 6.10. The lowest BCUT2D eigenvalue weighted by Crippen LogP contribution is -2.22. The first kappa shape index (κ1) is 13.0. The van der Waals surface area contributed by atoms with Crippen LogP contribution in [0.15, 0.2) is 35.1 Å². The van der Waals surface area contributed by atoms with Gasteiger partial charge in [-0.2, -0.15) is 0 Å². The minimum Gasteiger partial charge on any atom is -0.378 e. The maximum absolute atomic E-state index is 11.4. The van der Waals surface area contributed by atoms with Gasteiger partial charge in [0.05, 0.1) is 6.04 Å². The van der Waals surface area contributed by atoms with Crippen LogP contribution in [0.25, 0.3) is 0 Å². The predicted molar refractivity (Wildman–Crippen MR) is 82.3 cm³/mol. The summed E-state index contributed by atoms with van der Waals surface area (Å²) < 4.78 is 0. The molecule has 1 unspecified atom stereocenters. The van der Waals surface area contributed by atoms with E-state index in [0.29, 0.717) is 0 Å². The standard InChI is InChI=1S/C17H20N2O/c1-11-5-3-6-14(12(11)2)18-15-7-4-8-16-13(15)9-10-17(20)19-16/h3,5-6,9-10,15,18H,4,7-8H2,1-2H3,(H,19,20). The van der Waals surface area contributed by atoms with Gasteiger partial charge in [-0.25, -0.2) is 0 Å². The summed E-state index contributed by atoms with van der Waals surface area (Å²) in [7, 11) is 0. The number of nitrogens with one attached hydrogen (secondary N) is 2. The number of H-pyrrole nitrogens is 1. The summed E-state index contributed by atoms with van der Waals surface area (Å²) in [6.45, 7) is 4.28. The maximum atomic E-state index is 11.4. The number of anilines is 1. The number of hydrogen-bond acceptors (Lipinski definition) is 2. The van der Waals surface area contributed by atoms with Crippen LogP contribution >= 0.6 is 0 Å². The van der Waals surface area contributed by atoms with E-state index in [0.717, 1.165) is 25.0 Å². The third kappa shape index (κ3) is 2.36. The van der Waals surface area contributed by atoms with Crippen molar-refractivity contribution < 1.29 is 0 Å². The van der Waals surface area contributed by atoms with Crippen molar-refractivity contribution in [1.82, 2.24) is 4.98 Å². The molecule has 3 rings (SSSR count). The first-order valence-electron chi connectivity index (χ1n) is 7.20. The molecule has 2 aromatic rings. The lowest BCUT2D eigenvalue weighted by Gasteiger charge is -2.27. The number of aromatic amines is 1. The molecule has 1 atom stereocenters. The fourth-order valence-electron chi connectivity index (χ4n) is 2.95. The van der Waals surface area contributed by atoms with Crippen molar-refractivity contribution >= 4 is 5.69 Å². The molecule has 20 heavy (non-hydrogen) atoms. The molecule has 0 spiro atoms. The van der Waals surface area contributed by atoms with E-state index in [4.69, 9.17) is 0 Å². The van der Waals surface area contributed by atoms with Gasteiger partial charge in [-0.15, -0.1) is 0 Å². The monoisotopic (exact) mass is 268 g/mol. The fraction of sp³-hybridized carbons (Fsp3) is 0.353. The Morgan fingerprint density at radius 2 is 2.05 bits per heavy atom. The summed E-state index contributed by atoms with van der Waals surface area (Å²) in [5, 5.41) is 3.64. The van der Waals surface area contributed by atoms with E-state index in [1.165, 1.54) is 22.4 Å². The van der Waals surface area contributed by atoms with Crippen LogP contribution < -0.4 is 10.9 Å². The lowest BCUT2D eigenvalue weighted by atomic mass is 9.91. The Bertz CT molecular complexity index is 688. The third-order valence-electron chi connectivity index (χ3n) is 4.27. The number of hydrogen-bond donors (Lipinski definition) is 2. The van der Waals surface area contributed by atoms with E-state index in [9.17, 15) is 4.79 Å². The first-order chi connectivity index (χ1) is 9.65. The molecule has 3 nitrogen and oxygen atoms in total. The van der Waals surface area contributed by atoms with Crippen molar-refractivity contribution in [2.75, 3.05) is 5.32 Å². The SMILES string of the molecule is Cc1cccc(NC2CCCc3[nH]c(=O)ccc32)c1C. The van der Waals surface area contributed by atoms with Gasteiger partial charge in [-0.05, 0) is 61.9 Å². The molecule has 0 fully saturated rings. The second-order valence-electron chi connectivity index (χ2n) is 5.59. The molecule has 3 heteroatoms. The van der Waals surface area contributed by atoms with E-state index in [1.54, 1.807) is 6.07 Å². The Kier molecular flexibility index (Phi) is 3.35. The van der Waals surface area contributed by atoms with Gasteiger partial charge in [0.1, 0.15) is 0 Å². The van der Waals surface area contributed by atoms with Crippen LogP contribution in [-0.2, 0) is 6.42 Å². The normalized spacial score (nSPS) is 17.6. The second-order valence-corrected chi connectivity index (χ2v) is 5.59. The van der Waals surface area contributed by atoms with Crippen LogP contribution in [0.1, 0.15) is 41.3 Å². The fourth-order valence-corrected chi connectivity index (χ4v) is 2.95. The van der Waals surface area contributed by atoms with Crippen LogP contribution in [0.3, 0.4) is 0 Å². The number of benzene rings is 1. The number of fused-ring (bicyclic) bond motifs is 1. The molecule has 2 N–H and O–H groups in total. The molecular weight excluding hydrogens is 248 g/mol.